The maximum atomic E-state index is 12.8. The molecule has 1 aromatic carbocycles. The third-order valence-corrected chi connectivity index (χ3v) is 3.23. The summed E-state index contributed by atoms with van der Waals surface area (Å²) in [6.07, 6.45) is 5.35. The van der Waals surface area contributed by atoms with Gasteiger partial charge in [-0.3, -0.25) is 0 Å². The van der Waals surface area contributed by atoms with Crippen LogP contribution >= 0.6 is 0 Å². The number of carbonyl (C=O) groups is 1. The Hall–Kier alpha value is -2.96. The monoisotopic (exact) mass is 406 g/mol. The first-order chi connectivity index (χ1) is 13.9. The third-order valence-electron chi connectivity index (χ3n) is 3.23. The van der Waals surface area contributed by atoms with Gasteiger partial charge in [-0.25, -0.2) is 9.18 Å². The van der Waals surface area contributed by atoms with Crippen molar-refractivity contribution in [2.24, 2.45) is 0 Å². The minimum absolute atomic E-state index is 0.00121. The Morgan fingerprint density at radius 1 is 1.03 bits per heavy atom. The topological polar surface area (TPSA) is 116 Å². The highest BCUT2D eigenvalue weighted by molar-refractivity contribution is 5.67. The molecule has 0 amide bonds. The zero-order chi connectivity index (χ0) is 21.5. The molecule has 0 radical (unpaired) electrons. The van der Waals surface area contributed by atoms with Crippen molar-refractivity contribution in [3.63, 3.8) is 0 Å². The van der Waals surface area contributed by atoms with Crippen molar-refractivity contribution in [2.75, 3.05) is 19.8 Å². The van der Waals surface area contributed by atoms with Crippen LogP contribution in [0, 0.1) is 17.7 Å². The predicted molar refractivity (Wildman–Crippen MR) is 104 cm³/mol. The Bertz CT molecular complexity index is 759. The minimum Gasteiger partial charge on any atom is -0.491 e. The average Bonchev–Trinajstić information content (AvgIpc) is 2.69. The predicted octanol–water partition coefficient (Wildman–Crippen LogP) is 1.06. The number of aliphatic hydroxyl groups excluding tert-OH is 3. The van der Waals surface area contributed by atoms with Crippen molar-refractivity contribution in [1.29, 1.82) is 0 Å². The molecule has 7 nitrogen and oxygen atoms in total. The number of aliphatic hydroxyl groups is 3. The van der Waals surface area contributed by atoms with E-state index in [2.05, 4.69) is 16.6 Å². The second-order valence-corrected chi connectivity index (χ2v) is 5.69. The Morgan fingerprint density at radius 3 is 2.41 bits per heavy atom. The van der Waals surface area contributed by atoms with E-state index >= 15 is 0 Å². The first kappa shape index (κ1) is 24.1. The maximum absolute atomic E-state index is 12.8. The standard InChI is InChI=1S/C21H23FO7/c22-16-9-11-18(12-10-16)29-13-17(23)7-5-3-1-2-4-6-8-19(24)20(25)14-28-15-21(26)27/h2,4-12,17,19-20,23-25H,13-15H2,(H,26,27)/t17-,19+,20-/m1/s1. The van der Waals surface area contributed by atoms with E-state index in [0.29, 0.717) is 5.75 Å². The van der Waals surface area contributed by atoms with Crippen LogP contribution in [0.3, 0.4) is 0 Å². The number of hydrogen-bond donors (Lipinski definition) is 4. The second-order valence-electron chi connectivity index (χ2n) is 5.69. The molecule has 1 aromatic rings. The van der Waals surface area contributed by atoms with Crippen LogP contribution in [0.4, 0.5) is 4.39 Å². The lowest BCUT2D eigenvalue weighted by Gasteiger charge is -2.13. The number of allylic oxidation sites excluding steroid dienone is 4. The molecule has 8 heteroatoms. The molecule has 0 saturated carbocycles. The number of aliphatic carboxylic acids is 1. The molecule has 29 heavy (non-hydrogen) atoms. The molecular formula is C21H23FO7. The Balaban J connectivity index is 2.27. The Labute approximate surface area is 168 Å². The lowest BCUT2D eigenvalue weighted by atomic mass is 10.2. The van der Waals surface area contributed by atoms with Crippen LogP contribution in [0.1, 0.15) is 0 Å². The molecule has 3 atom stereocenters. The summed E-state index contributed by atoms with van der Waals surface area (Å²) in [5.41, 5.74) is 0. The molecule has 0 aliphatic carbocycles. The van der Waals surface area contributed by atoms with Gasteiger partial charge in [0, 0.05) is 0 Å². The largest absolute Gasteiger partial charge is 0.491 e. The van der Waals surface area contributed by atoms with E-state index in [9.17, 15) is 24.5 Å². The SMILES string of the molecule is O=C(O)COC[C@@H](O)[C@@H](O)C=CC=CC#CC=C[C@@H](O)COc1ccc(F)cc1. The van der Waals surface area contributed by atoms with Crippen molar-refractivity contribution < 1.29 is 39.1 Å². The summed E-state index contributed by atoms with van der Waals surface area (Å²) in [6.45, 7) is -0.859. The molecule has 1 rings (SSSR count). The highest BCUT2D eigenvalue weighted by atomic mass is 19.1. The molecule has 0 unspecified atom stereocenters. The van der Waals surface area contributed by atoms with E-state index in [1.165, 1.54) is 60.7 Å². The van der Waals surface area contributed by atoms with Gasteiger partial charge in [0.05, 0.1) is 6.61 Å². The molecule has 156 valence electrons. The smallest absolute Gasteiger partial charge is 0.329 e. The zero-order valence-corrected chi connectivity index (χ0v) is 15.5. The van der Waals surface area contributed by atoms with Crippen LogP contribution in [0.5, 0.6) is 5.75 Å². The fourth-order valence-corrected chi connectivity index (χ4v) is 1.80. The number of benzene rings is 1. The first-order valence-electron chi connectivity index (χ1n) is 8.61. The van der Waals surface area contributed by atoms with Gasteiger partial charge >= 0.3 is 5.97 Å². The van der Waals surface area contributed by atoms with Crippen molar-refractivity contribution in [3.8, 4) is 17.6 Å². The number of carboxylic acid groups (broad SMARTS) is 1. The van der Waals surface area contributed by atoms with E-state index in [1.807, 2.05) is 0 Å². The van der Waals surface area contributed by atoms with Crippen molar-refractivity contribution in [2.45, 2.75) is 18.3 Å². The van der Waals surface area contributed by atoms with E-state index in [-0.39, 0.29) is 19.0 Å². The second kappa shape index (κ2) is 14.1. The van der Waals surface area contributed by atoms with Gasteiger partial charge in [0.2, 0.25) is 0 Å². The molecule has 0 spiro atoms. The van der Waals surface area contributed by atoms with E-state index in [1.54, 1.807) is 0 Å². The first-order valence-corrected chi connectivity index (χ1v) is 8.61. The third kappa shape index (κ3) is 12.2. The summed E-state index contributed by atoms with van der Waals surface area (Å²) in [4.78, 5) is 10.3. The van der Waals surface area contributed by atoms with Gasteiger partial charge in [-0.15, -0.1) is 0 Å². The lowest BCUT2D eigenvalue weighted by Crippen LogP contribution is -2.29. The summed E-state index contributed by atoms with van der Waals surface area (Å²) in [5.74, 6) is 4.26. The number of hydrogen-bond acceptors (Lipinski definition) is 6. The highest BCUT2D eigenvalue weighted by Gasteiger charge is 2.13. The highest BCUT2D eigenvalue weighted by Crippen LogP contribution is 2.11. The van der Waals surface area contributed by atoms with Gasteiger partial charge in [0.25, 0.3) is 0 Å². The molecule has 0 heterocycles. The normalized spacial score (nSPS) is 14.6. The summed E-state index contributed by atoms with van der Waals surface area (Å²) < 4.78 is 22.7. The zero-order valence-electron chi connectivity index (χ0n) is 15.5. The summed E-state index contributed by atoms with van der Waals surface area (Å²) in [5, 5.41) is 37.3. The number of ether oxygens (including phenoxy) is 2. The van der Waals surface area contributed by atoms with Gasteiger partial charge < -0.3 is 29.9 Å². The number of carboxylic acids is 1. The molecule has 4 N–H and O–H groups in total. The fraction of sp³-hybridized carbons (Fsp3) is 0.286. The van der Waals surface area contributed by atoms with E-state index in [0.717, 1.165) is 0 Å². The van der Waals surface area contributed by atoms with Crippen LogP contribution in [0.15, 0.2) is 60.7 Å². The van der Waals surface area contributed by atoms with Crippen LogP contribution in [0.25, 0.3) is 0 Å². The molecule has 0 aromatic heterocycles. The lowest BCUT2D eigenvalue weighted by molar-refractivity contribution is -0.143. The number of rotatable bonds is 11. The average molecular weight is 406 g/mol. The van der Waals surface area contributed by atoms with Crippen LogP contribution in [-0.4, -0.2) is 64.5 Å². The van der Waals surface area contributed by atoms with Crippen LogP contribution in [-0.2, 0) is 9.53 Å². The van der Waals surface area contributed by atoms with Crippen molar-refractivity contribution >= 4 is 5.97 Å². The van der Waals surface area contributed by atoms with Gasteiger partial charge in [0.1, 0.15) is 43.1 Å². The fourth-order valence-electron chi connectivity index (χ4n) is 1.80. The molecule has 0 saturated heterocycles. The van der Waals surface area contributed by atoms with Crippen molar-refractivity contribution in [1.82, 2.24) is 0 Å². The van der Waals surface area contributed by atoms with Gasteiger partial charge in [0.15, 0.2) is 0 Å². The Morgan fingerprint density at radius 2 is 1.72 bits per heavy atom. The van der Waals surface area contributed by atoms with E-state index in [4.69, 9.17) is 9.84 Å². The Kier molecular flexibility index (Phi) is 11.7. The summed E-state index contributed by atoms with van der Waals surface area (Å²) >= 11 is 0. The summed E-state index contributed by atoms with van der Waals surface area (Å²) in [6, 6.07) is 5.44. The minimum atomic E-state index is -1.24. The molecule has 0 bridgehead atoms. The molecule has 0 aliphatic rings. The molecule has 0 fully saturated rings. The van der Waals surface area contributed by atoms with Crippen LogP contribution in [0.2, 0.25) is 0 Å². The van der Waals surface area contributed by atoms with Gasteiger partial charge in [-0.2, -0.15) is 0 Å². The maximum Gasteiger partial charge on any atom is 0.329 e. The molecular weight excluding hydrogens is 383 g/mol. The quantitative estimate of drug-likeness (QED) is 0.321. The van der Waals surface area contributed by atoms with Crippen molar-refractivity contribution in [3.05, 3.63) is 66.5 Å². The number of halogens is 1. The van der Waals surface area contributed by atoms with Gasteiger partial charge in [-0.1, -0.05) is 30.1 Å². The summed E-state index contributed by atoms with van der Waals surface area (Å²) in [7, 11) is 0. The van der Waals surface area contributed by atoms with Gasteiger partial charge in [-0.05, 0) is 42.5 Å². The van der Waals surface area contributed by atoms with Crippen LogP contribution < -0.4 is 4.74 Å². The molecule has 0 aliphatic heterocycles. The van der Waals surface area contributed by atoms with E-state index < -0.39 is 30.9 Å².